The van der Waals surface area contributed by atoms with Crippen LogP contribution in [0, 0.1) is 0 Å². The third-order valence-corrected chi connectivity index (χ3v) is 10.4. The normalized spacial score (nSPS) is 18.6. The molecule has 1 unspecified atom stereocenters. The van der Waals surface area contributed by atoms with E-state index >= 15 is 0 Å². The van der Waals surface area contributed by atoms with Crippen molar-refractivity contribution in [2.75, 3.05) is 51.1 Å². The summed E-state index contributed by atoms with van der Waals surface area (Å²) in [5.41, 5.74) is 5.27. The number of carbonyl (C=O) groups excluding carboxylic acids is 3. The number of piperazine rings is 1. The number of aromatic hydroxyl groups is 1. The number of urea groups is 1. The van der Waals surface area contributed by atoms with E-state index in [4.69, 9.17) is 9.88 Å². The Labute approximate surface area is 292 Å². The number of benzene rings is 2. The van der Waals surface area contributed by atoms with Gasteiger partial charge in [-0.05, 0) is 86.2 Å². The molecule has 0 saturated carbocycles. The molecule has 2 atom stereocenters. The Morgan fingerprint density at radius 1 is 1.13 bits per heavy atom. The largest absolute Gasteiger partial charge is 0.579 e. The summed E-state index contributed by atoms with van der Waals surface area (Å²) in [5, 5.41) is 18.6. The number of nitrogens with one attached hydrogen (secondary N) is 1. The summed E-state index contributed by atoms with van der Waals surface area (Å²) in [6, 6.07) is 10.8. The number of nitrogens with two attached hydrogens (primary N) is 1. The molecule has 0 spiro atoms. The zero-order valence-corrected chi connectivity index (χ0v) is 29.4. The van der Waals surface area contributed by atoms with Gasteiger partial charge in [0.25, 0.3) is 5.91 Å². The van der Waals surface area contributed by atoms with E-state index in [1.54, 1.807) is 22.6 Å². The van der Waals surface area contributed by atoms with Gasteiger partial charge in [0, 0.05) is 56.7 Å². The summed E-state index contributed by atoms with van der Waals surface area (Å²) in [5.74, 6) is 1.78. The van der Waals surface area contributed by atoms with Crippen molar-refractivity contribution < 1.29 is 28.8 Å². The Morgan fingerprint density at radius 3 is 2.49 bits per heavy atom. The number of aliphatic imine (C=N–C) groups is 1. The first-order valence-corrected chi connectivity index (χ1v) is 17.9. The van der Waals surface area contributed by atoms with Crippen molar-refractivity contribution in [2.45, 2.75) is 37.8 Å². The smallest absolute Gasteiger partial charge is 0.410 e. The van der Waals surface area contributed by atoms with Gasteiger partial charge < -0.3 is 34.4 Å². The maximum Gasteiger partial charge on any atom is 0.410 e. The fraction of sp³-hybridized carbons (Fsp3) is 0.419. The van der Waals surface area contributed by atoms with Crippen LogP contribution in [0.25, 0.3) is 0 Å². The molecule has 3 aliphatic heterocycles. The fourth-order valence-electron chi connectivity index (χ4n) is 5.72. The number of para-hydroxylation sites is 1. The summed E-state index contributed by atoms with van der Waals surface area (Å²) in [4.78, 5) is 48.7. The molecule has 0 radical (unpaired) electrons. The average molecular weight is 794 g/mol. The van der Waals surface area contributed by atoms with E-state index in [0.717, 1.165) is 17.7 Å². The van der Waals surface area contributed by atoms with Gasteiger partial charge in [-0.1, -0.05) is 18.2 Å². The topological polar surface area (TPSA) is 167 Å². The number of hydrogen-bond donors (Lipinski definition) is 3. The monoisotopic (exact) mass is 791 g/mol. The lowest BCUT2D eigenvalue weighted by atomic mass is 10.0. The molecule has 0 aromatic heterocycles. The fourth-order valence-corrected chi connectivity index (χ4v) is 7.52. The van der Waals surface area contributed by atoms with Gasteiger partial charge in [0.1, 0.15) is 17.3 Å². The maximum atomic E-state index is 13.3. The van der Waals surface area contributed by atoms with Crippen LogP contribution in [0.5, 0.6) is 5.75 Å². The van der Waals surface area contributed by atoms with Crippen LogP contribution in [0.1, 0.15) is 24.0 Å². The van der Waals surface area contributed by atoms with Crippen molar-refractivity contribution in [2.24, 2.45) is 10.1 Å². The number of nitrogens with zero attached hydrogens (tertiary/aromatic N) is 5. The first kappa shape index (κ1) is 35.0. The predicted octanol–water partition coefficient (Wildman–Crippen LogP) is 3.54. The Morgan fingerprint density at radius 2 is 1.81 bits per heavy atom. The van der Waals surface area contributed by atoms with Gasteiger partial charge in [-0.3, -0.25) is 4.79 Å². The average Bonchev–Trinajstić information content (AvgIpc) is 3.23. The van der Waals surface area contributed by atoms with E-state index in [0.29, 0.717) is 73.2 Å². The molecule has 47 heavy (non-hydrogen) atoms. The highest BCUT2D eigenvalue weighted by Crippen LogP contribution is 2.34. The molecule has 5 rings (SSSR count). The van der Waals surface area contributed by atoms with Crippen LogP contribution in [-0.4, -0.2) is 111 Å². The summed E-state index contributed by atoms with van der Waals surface area (Å²) in [7, 11) is 0. The number of amides is 4. The van der Waals surface area contributed by atoms with Gasteiger partial charge in [0.05, 0.1) is 28.2 Å². The molecule has 4 N–H and O–H groups in total. The Hall–Kier alpha value is -3.33. The third-order valence-electron chi connectivity index (χ3n) is 8.33. The minimum Gasteiger partial charge on any atom is -0.579 e. The SMILES string of the molecule is N[S+]([O-])N1CCN(C=C=C=NC(=O)[C@@H](Cc2cc(Br)c(O)c(Br)c2)OC(=O)N2CCC(N3CCc4ccccc4NC3=O)CC2)CC1. The number of hydrogen-bond acceptors (Lipinski definition) is 9. The number of halogens is 2. The van der Waals surface area contributed by atoms with Crippen LogP contribution in [0.15, 0.2) is 62.3 Å². The molecule has 2 aromatic carbocycles. The molecule has 4 amide bonds. The summed E-state index contributed by atoms with van der Waals surface area (Å²) < 4.78 is 19.6. The number of fused-ring (bicyclic) bond motifs is 1. The van der Waals surface area contributed by atoms with Crippen molar-refractivity contribution in [1.82, 2.24) is 19.0 Å². The number of ether oxygens (including phenoxy) is 1. The minimum atomic E-state index is -1.52. The number of anilines is 1. The van der Waals surface area contributed by atoms with Crippen LogP contribution in [-0.2, 0) is 33.9 Å². The Bertz CT molecular complexity index is 1560. The first-order valence-electron chi connectivity index (χ1n) is 15.1. The van der Waals surface area contributed by atoms with E-state index in [9.17, 15) is 24.0 Å². The van der Waals surface area contributed by atoms with E-state index < -0.39 is 29.7 Å². The highest BCUT2D eigenvalue weighted by atomic mass is 79.9. The molecule has 13 nitrogen and oxygen atoms in total. The summed E-state index contributed by atoms with van der Waals surface area (Å²) in [6.45, 7) is 3.47. The molecule has 2 aromatic rings. The van der Waals surface area contributed by atoms with Crippen molar-refractivity contribution in [3.8, 4) is 5.75 Å². The van der Waals surface area contributed by atoms with Gasteiger partial charge >= 0.3 is 12.1 Å². The van der Waals surface area contributed by atoms with Gasteiger partial charge in [0.2, 0.25) is 0 Å². The molecule has 0 bridgehead atoms. The number of rotatable bonds is 7. The zero-order chi connectivity index (χ0) is 33.5. The van der Waals surface area contributed by atoms with Crippen molar-refractivity contribution in [3.63, 3.8) is 0 Å². The van der Waals surface area contributed by atoms with Gasteiger partial charge in [-0.25, -0.2) is 9.59 Å². The highest BCUT2D eigenvalue weighted by Gasteiger charge is 2.33. The lowest BCUT2D eigenvalue weighted by molar-refractivity contribution is -0.126. The lowest BCUT2D eigenvalue weighted by Crippen LogP contribution is -2.50. The zero-order valence-electron chi connectivity index (χ0n) is 25.4. The van der Waals surface area contributed by atoms with Crippen LogP contribution >= 0.6 is 31.9 Å². The number of phenolic OH excluding ortho intramolecular Hbond substituents is 1. The van der Waals surface area contributed by atoms with Gasteiger partial charge in [-0.2, -0.15) is 4.99 Å². The van der Waals surface area contributed by atoms with E-state index in [1.807, 2.05) is 34.1 Å². The molecule has 16 heteroatoms. The molecule has 250 valence electrons. The third kappa shape index (κ3) is 9.18. The molecule has 0 aliphatic carbocycles. The van der Waals surface area contributed by atoms with Gasteiger partial charge in [0.15, 0.2) is 6.10 Å². The second-order valence-corrected chi connectivity index (χ2v) is 14.1. The van der Waals surface area contributed by atoms with Crippen molar-refractivity contribution in [3.05, 3.63) is 68.4 Å². The minimum absolute atomic E-state index is 0.000108. The van der Waals surface area contributed by atoms with Crippen molar-refractivity contribution in [1.29, 1.82) is 0 Å². The molecular weight excluding hydrogens is 758 g/mol. The second-order valence-electron chi connectivity index (χ2n) is 11.3. The highest BCUT2D eigenvalue weighted by molar-refractivity contribution is 9.11. The Balaban J connectivity index is 1.22. The van der Waals surface area contributed by atoms with Crippen LogP contribution < -0.4 is 10.5 Å². The second kappa shape index (κ2) is 16.2. The molecule has 3 aliphatic rings. The number of piperidine rings is 1. The summed E-state index contributed by atoms with van der Waals surface area (Å²) >= 11 is 5.08. The molecule has 2 fully saturated rings. The quantitative estimate of drug-likeness (QED) is 0.216. The number of phenols is 1. The van der Waals surface area contributed by atoms with Crippen molar-refractivity contribution >= 4 is 73.0 Å². The Kier molecular flexibility index (Phi) is 12.0. The molecule has 3 heterocycles. The standard InChI is InChI=1S/C31H35Br2N7O6S/c32-24-18-21(19-25(33)28(24)41)20-27(29(42)35-9-3-10-37-14-16-39(17-15-37)47(34)45)46-31(44)38-11-7-23(8-12-38)40-13-6-22-4-1-2-5-26(22)36-30(40)43/h1-2,4-5,10,18-19,23,27,41H,6-8,11-17,20,34H2,(H,36,43)/t27-,47?/m1/s1. The van der Waals surface area contributed by atoms with E-state index in [2.05, 4.69) is 53.8 Å². The maximum absolute atomic E-state index is 13.3. The first-order chi connectivity index (χ1) is 22.6. The molecular formula is C31H35Br2N7O6S. The molecule has 2 saturated heterocycles. The summed E-state index contributed by atoms with van der Waals surface area (Å²) in [6.07, 6.45) is 1.55. The number of carbonyl (C=O) groups is 3. The van der Waals surface area contributed by atoms with Gasteiger partial charge in [-0.15, -0.1) is 9.44 Å². The van der Waals surface area contributed by atoms with Crippen LogP contribution in [0.4, 0.5) is 15.3 Å². The number of likely N-dealkylation sites (tertiary alicyclic amines) is 1. The predicted molar refractivity (Wildman–Crippen MR) is 184 cm³/mol. The van der Waals surface area contributed by atoms with E-state index in [-0.39, 0.29) is 24.2 Å². The van der Waals surface area contributed by atoms with Crippen LogP contribution in [0.3, 0.4) is 0 Å². The van der Waals surface area contributed by atoms with E-state index in [1.165, 1.54) is 4.90 Å². The lowest BCUT2D eigenvalue weighted by Gasteiger charge is -2.37. The van der Waals surface area contributed by atoms with Crippen LogP contribution in [0.2, 0.25) is 0 Å².